The van der Waals surface area contributed by atoms with Gasteiger partial charge in [-0.25, -0.2) is 19.7 Å². The summed E-state index contributed by atoms with van der Waals surface area (Å²) in [7, 11) is 0. The van der Waals surface area contributed by atoms with Crippen molar-refractivity contribution in [1.82, 2.24) is 14.9 Å². The molecule has 1 heterocycles. The summed E-state index contributed by atoms with van der Waals surface area (Å²) in [5.74, 6) is -0.176. The summed E-state index contributed by atoms with van der Waals surface area (Å²) in [6.45, 7) is 5.45. The number of hydrogen-bond donors (Lipinski definition) is 1. The highest BCUT2D eigenvalue weighted by atomic mass is 32.1. The van der Waals surface area contributed by atoms with Crippen LogP contribution in [0.3, 0.4) is 0 Å². The number of carbonyl (C=O) groups excluding carboxylic acids is 2. The maximum Gasteiger partial charge on any atom is 0.342 e. The molecule has 0 saturated carbocycles. The number of nitrogens with zero attached hydrogens (tertiary/aromatic N) is 3. The van der Waals surface area contributed by atoms with E-state index in [1.54, 1.807) is 0 Å². The van der Waals surface area contributed by atoms with E-state index in [-0.39, 0.29) is 23.9 Å². The lowest BCUT2D eigenvalue weighted by atomic mass is 10.1. The second kappa shape index (κ2) is 7.65. The first kappa shape index (κ1) is 16.8. The predicted molar refractivity (Wildman–Crippen MR) is 89.4 cm³/mol. The molecule has 1 atom stereocenters. The summed E-state index contributed by atoms with van der Waals surface area (Å²) in [5.41, 5.74) is 1.18. The van der Waals surface area contributed by atoms with Gasteiger partial charge in [0.25, 0.3) is 5.91 Å². The highest BCUT2D eigenvalue weighted by Gasteiger charge is 2.41. The summed E-state index contributed by atoms with van der Waals surface area (Å²) in [6.07, 6.45) is 1.44. The summed E-state index contributed by atoms with van der Waals surface area (Å²) in [4.78, 5) is 25.9. The number of carbonyl (C=O) groups is 2. The highest BCUT2D eigenvalue weighted by Crippen LogP contribution is 2.21. The van der Waals surface area contributed by atoms with Crippen molar-refractivity contribution in [3.8, 4) is 0 Å². The van der Waals surface area contributed by atoms with E-state index in [0.29, 0.717) is 19.5 Å². The first-order valence-corrected chi connectivity index (χ1v) is 8.20. The monoisotopic (exact) mass is 321 g/mol. The van der Waals surface area contributed by atoms with Crippen molar-refractivity contribution in [3.63, 3.8) is 0 Å². The average Bonchev–Trinajstić information content (AvgIpc) is 2.82. The molecule has 2 rings (SSSR count). The Morgan fingerprint density at radius 3 is 2.41 bits per heavy atom. The van der Waals surface area contributed by atoms with Gasteiger partial charge in [-0.15, -0.1) is 0 Å². The smallest absolute Gasteiger partial charge is 0.272 e. The number of aryl methyl sites for hydroxylation is 1. The molecular formula is C16H23N3O2S. The van der Waals surface area contributed by atoms with Crippen molar-refractivity contribution in [1.29, 1.82) is 0 Å². The van der Waals surface area contributed by atoms with E-state index in [1.165, 1.54) is 15.5 Å². The number of hydrazine groups is 1. The minimum Gasteiger partial charge on any atom is -0.272 e. The second-order valence-corrected chi connectivity index (χ2v) is 5.84. The van der Waals surface area contributed by atoms with Crippen LogP contribution in [0, 0.1) is 0 Å². The zero-order valence-electron chi connectivity index (χ0n) is 13.1. The third-order valence-corrected chi connectivity index (χ3v) is 4.37. The molecule has 1 aliphatic heterocycles. The van der Waals surface area contributed by atoms with E-state index < -0.39 is 0 Å². The van der Waals surface area contributed by atoms with E-state index in [2.05, 4.69) is 12.6 Å². The van der Waals surface area contributed by atoms with Gasteiger partial charge in [0, 0.05) is 13.1 Å². The number of hydrogen-bond acceptors (Lipinski definition) is 4. The molecule has 6 heteroatoms. The number of thiol groups is 1. The minimum atomic E-state index is -0.388. The fourth-order valence-corrected chi connectivity index (χ4v) is 3.01. The molecule has 1 aromatic carbocycles. The predicted octanol–water partition coefficient (Wildman–Crippen LogP) is 2.40. The second-order valence-electron chi connectivity index (χ2n) is 5.25. The van der Waals surface area contributed by atoms with Gasteiger partial charge in [-0.3, -0.25) is 4.79 Å². The molecule has 0 spiro atoms. The van der Waals surface area contributed by atoms with E-state index in [0.717, 1.165) is 6.42 Å². The van der Waals surface area contributed by atoms with E-state index in [9.17, 15) is 9.59 Å². The normalized spacial score (nSPS) is 16.7. The fraction of sp³-hybridized carbons (Fsp3) is 0.500. The lowest BCUT2D eigenvalue weighted by Gasteiger charge is -2.29. The molecule has 1 fully saturated rings. The Labute approximate surface area is 137 Å². The first-order chi connectivity index (χ1) is 10.6. The van der Waals surface area contributed by atoms with E-state index in [4.69, 9.17) is 0 Å². The topological polar surface area (TPSA) is 43.9 Å². The summed E-state index contributed by atoms with van der Waals surface area (Å²) in [5, 5.41) is 3.01. The Kier molecular flexibility index (Phi) is 5.85. The number of imide groups is 1. The van der Waals surface area contributed by atoms with Crippen LogP contribution in [-0.4, -0.2) is 51.9 Å². The van der Waals surface area contributed by atoms with Crippen molar-refractivity contribution >= 4 is 24.6 Å². The molecular weight excluding hydrogens is 298 g/mol. The minimum absolute atomic E-state index is 0.114. The molecule has 0 aliphatic carbocycles. The van der Waals surface area contributed by atoms with Crippen LogP contribution >= 0.6 is 12.6 Å². The third-order valence-electron chi connectivity index (χ3n) is 3.88. The van der Waals surface area contributed by atoms with Gasteiger partial charge in [-0.2, -0.15) is 12.6 Å². The molecule has 1 unspecified atom stereocenters. The number of rotatable bonds is 7. The van der Waals surface area contributed by atoms with Gasteiger partial charge in [0.2, 0.25) is 0 Å². The number of amides is 3. The third kappa shape index (κ3) is 3.62. The molecule has 0 aromatic heterocycles. The van der Waals surface area contributed by atoms with E-state index in [1.807, 2.05) is 49.2 Å². The van der Waals surface area contributed by atoms with Gasteiger partial charge in [-0.1, -0.05) is 44.2 Å². The van der Waals surface area contributed by atoms with Crippen molar-refractivity contribution < 1.29 is 9.59 Å². The van der Waals surface area contributed by atoms with Crippen LogP contribution in [0.5, 0.6) is 0 Å². The Morgan fingerprint density at radius 1 is 1.18 bits per heavy atom. The Hall–Kier alpha value is -1.53. The molecule has 0 bridgehead atoms. The fourth-order valence-electron chi connectivity index (χ4n) is 2.65. The largest absolute Gasteiger partial charge is 0.342 e. The standard InChI is InChI=1S/C16H23N3O2S/c1-3-17(4-2)18-12-14(20)19(16(18)21)15(22)11-10-13-8-6-5-7-9-13/h5-9,15,22H,3-4,10-12H2,1-2H3. The lowest BCUT2D eigenvalue weighted by molar-refractivity contribution is -0.126. The molecule has 1 saturated heterocycles. The van der Waals surface area contributed by atoms with Crippen molar-refractivity contribution in [3.05, 3.63) is 35.9 Å². The number of benzene rings is 1. The van der Waals surface area contributed by atoms with E-state index >= 15 is 0 Å². The van der Waals surface area contributed by atoms with Crippen LogP contribution in [0.25, 0.3) is 0 Å². The molecule has 22 heavy (non-hydrogen) atoms. The van der Waals surface area contributed by atoms with Crippen LogP contribution in [0.2, 0.25) is 0 Å². The van der Waals surface area contributed by atoms with Crippen LogP contribution in [-0.2, 0) is 11.2 Å². The molecule has 3 amide bonds. The van der Waals surface area contributed by atoms with Crippen molar-refractivity contribution in [2.75, 3.05) is 19.6 Å². The van der Waals surface area contributed by atoms with Crippen LogP contribution in [0.4, 0.5) is 4.79 Å². The lowest BCUT2D eigenvalue weighted by Crippen LogP contribution is -2.46. The molecule has 1 aliphatic rings. The highest BCUT2D eigenvalue weighted by molar-refractivity contribution is 7.80. The maximum atomic E-state index is 12.5. The molecule has 5 nitrogen and oxygen atoms in total. The maximum absolute atomic E-state index is 12.5. The van der Waals surface area contributed by atoms with Crippen LogP contribution in [0.15, 0.2) is 30.3 Å². The van der Waals surface area contributed by atoms with Crippen molar-refractivity contribution in [2.45, 2.75) is 32.1 Å². The van der Waals surface area contributed by atoms with Gasteiger partial charge in [0.1, 0.15) is 6.54 Å². The van der Waals surface area contributed by atoms with Gasteiger partial charge in [-0.05, 0) is 18.4 Å². The average molecular weight is 321 g/mol. The zero-order valence-corrected chi connectivity index (χ0v) is 14.0. The molecule has 0 N–H and O–H groups in total. The summed E-state index contributed by atoms with van der Waals surface area (Å²) < 4.78 is 0. The van der Waals surface area contributed by atoms with Crippen molar-refractivity contribution in [2.24, 2.45) is 0 Å². The summed E-state index contributed by atoms with van der Waals surface area (Å²) in [6, 6.07) is 9.75. The SMILES string of the molecule is CCN(CC)N1CC(=O)N(C(S)CCc2ccccc2)C1=O. The van der Waals surface area contributed by atoms with Gasteiger partial charge in [0.05, 0.1) is 5.37 Å². The first-order valence-electron chi connectivity index (χ1n) is 7.68. The van der Waals surface area contributed by atoms with Gasteiger partial charge >= 0.3 is 6.03 Å². The Morgan fingerprint density at radius 2 is 1.82 bits per heavy atom. The van der Waals surface area contributed by atoms with Gasteiger partial charge in [0.15, 0.2) is 0 Å². The molecule has 120 valence electrons. The summed E-state index contributed by atoms with van der Waals surface area (Å²) >= 11 is 4.48. The molecule has 1 aromatic rings. The zero-order chi connectivity index (χ0) is 16.1. The van der Waals surface area contributed by atoms with Crippen LogP contribution in [0.1, 0.15) is 25.8 Å². The Bertz CT molecular complexity index is 519. The quantitative estimate of drug-likeness (QED) is 0.619. The van der Waals surface area contributed by atoms with Crippen LogP contribution < -0.4 is 0 Å². The molecule has 0 radical (unpaired) electrons. The van der Waals surface area contributed by atoms with Gasteiger partial charge < -0.3 is 0 Å². The number of urea groups is 1. The Balaban J connectivity index is 1.98.